The first kappa shape index (κ1) is 6.33. The van der Waals surface area contributed by atoms with E-state index in [2.05, 4.69) is 20.6 Å². The normalized spacial score (nSPS) is 21.1. The van der Waals surface area contributed by atoms with Crippen LogP contribution in [0.25, 0.3) is 0 Å². The second-order valence-electron chi connectivity index (χ2n) is 2.55. The maximum absolute atomic E-state index is 4.13. The Bertz CT molecular complexity index is 300. The lowest BCUT2D eigenvalue weighted by atomic mass is 10.2. The molecule has 1 aliphatic heterocycles. The van der Waals surface area contributed by atoms with Crippen molar-refractivity contribution >= 4 is 12.2 Å². The monoisotopic (exact) mass is 151 g/mol. The van der Waals surface area contributed by atoms with Gasteiger partial charge in [-0.25, -0.2) is 4.68 Å². The lowest BCUT2D eigenvalue weighted by molar-refractivity contribution is 0.715. The van der Waals surface area contributed by atoms with Crippen LogP contribution >= 0.6 is 0 Å². The Morgan fingerprint density at radius 3 is 3.18 bits per heavy atom. The SMILES string of the molecule is CC1N=CNc2c1nnn2C. The lowest BCUT2D eigenvalue weighted by Gasteiger charge is -2.11. The topological polar surface area (TPSA) is 55.1 Å². The van der Waals surface area contributed by atoms with Gasteiger partial charge in [0.05, 0.1) is 12.4 Å². The third-order valence-corrected chi connectivity index (χ3v) is 1.75. The first-order valence-electron chi connectivity index (χ1n) is 3.47. The van der Waals surface area contributed by atoms with Crippen LogP contribution in [-0.2, 0) is 7.05 Å². The highest BCUT2D eigenvalue weighted by molar-refractivity contribution is 5.77. The Labute approximate surface area is 64.1 Å². The van der Waals surface area contributed by atoms with Gasteiger partial charge in [-0.15, -0.1) is 5.10 Å². The van der Waals surface area contributed by atoms with Crippen LogP contribution in [0.5, 0.6) is 0 Å². The molecule has 5 nitrogen and oxygen atoms in total. The molecule has 0 radical (unpaired) electrons. The first-order chi connectivity index (χ1) is 5.29. The average Bonchev–Trinajstić information content (AvgIpc) is 2.35. The molecule has 0 aromatic carbocycles. The molecule has 5 heteroatoms. The van der Waals surface area contributed by atoms with Gasteiger partial charge < -0.3 is 5.32 Å². The second-order valence-corrected chi connectivity index (χ2v) is 2.55. The number of fused-ring (bicyclic) bond motifs is 1. The minimum atomic E-state index is 0.125. The molecule has 58 valence electrons. The molecule has 2 heterocycles. The third kappa shape index (κ3) is 0.806. The van der Waals surface area contributed by atoms with Crippen LogP contribution in [0.15, 0.2) is 4.99 Å². The van der Waals surface area contributed by atoms with Gasteiger partial charge in [0.15, 0.2) is 5.82 Å². The molecular formula is C6H9N5. The lowest BCUT2D eigenvalue weighted by Crippen LogP contribution is -2.10. The zero-order chi connectivity index (χ0) is 7.84. The Morgan fingerprint density at radius 1 is 1.64 bits per heavy atom. The summed E-state index contributed by atoms with van der Waals surface area (Å²) in [5.41, 5.74) is 0.912. The van der Waals surface area contributed by atoms with Crippen LogP contribution in [0.1, 0.15) is 18.7 Å². The van der Waals surface area contributed by atoms with E-state index < -0.39 is 0 Å². The van der Waals surface area contributed by atoms with Crippen molar-refractivity contribution in [3.8, 4) is 0 Å². The van der Waals surface area contributed by atoms with E-state index in [0.29, 0.717) is 0 Å². The van der Waals surface area contributed by atoms with Crippen LogP contribution in [0.3, 0.4) is 0 Å². The van der Waals surface area contributed by atoms with E-state index in [0.717, 1.165) is 11.5 Å². The minimum absolute atomic E-state index is 0.125. The van der Waals surface area contributed by atoms with Crippen molar-refractivity contribution in [1.82, 2.24) is 15.0 Å². The van der Waals surface area contributed by atoms with Gasteiger partial charge in [-0.3, -0.25) is 4.99 Å². The molecule has 11 heavy (non-hydrogen) atoms. The fraction of sp³-hybridized carbons (Fsp3) is 0.500. The summed E-state index contributed by atoms with van der Waals surface area (Å²) in [7, 11) is 1.85. The molecule has 0 fully saturated rings. The van der Waals surface area contributed by atoms with E-state index in [1.807, 2.05) is 14.0 Å². The van der Waals surface area contributed by atoms with Crippen LogP contribution in [0.2, 0.25) is 0 Å². The zero-order valence-corrected chi connectivity index (χ0v) is 6.44. The average molecular weight is 151 g/mol. The van der Waals surface area contributed by atoms with E-state index in [-0.39, 0.29) is 6.04 Å². The molecule has 1 aliphatic rings. The van der Waals surface area contributed by atoms with Crippen LogP contribution in [0.4, 0.5) is 5.82 Å². The van der Waals surface area contributed by atoms with Gasteiger partial charge in [-0.1, -0.05) is 5.21 Å². The zero-order valence-electron chi connectivity index (χ0n) is 6.44. The van der Waals surface area contributed by atoms with Crippen LogP contribution in [0, 0.1) is 0 Å². The highest BCUT2D eigenvalue weighted by atomic mass is 15.5. The van der Waals surface area contributed by atoms with Gasteiger partial charge in [0, 0.05) is 7.05 Å². The van der Waals surface area contributed by atoms with Gasteiger partial charge >= 0.3 is 0 Å². The van der Waals surface area contributed by atoms with E-state index >= 15 is 0 Å². The van der Waals surface area contributed by atoms with E-state index in [1.54, 1.807) is 11.0 Å². The smallest absolute Gasteiger partial charge is 0.155 e. The van der Waals surface area contributed by atoms with Gasteiger partial charge in [-0.05, 0) is 6.92 Å². The van der Waals surface area contributed by atoms with Crippen LogP contribution in [-0.4, -0.2) is 21.3 Å². The number of hydrogen-bond donors (Lipinski definition) is 1. The maximum Gasteiger partial charge on any atom is 0.155 e. The molecule has 0 aliphatic carbocycles. The summed E-state index contributed by atoms with van der Waals surface area (Å²) in [6.07, 6.45) is 1.68. The van der Waals surface area contributed by atoms with Gasteiger partial charge in [0.2, 0.25) is 0 Å². The number of aromatic nitrogens is 3. The molecule has 0 bridgehead atoms. The summed E-state index contributed by atoms with van der Waals surface area (Å²) >= 11 is 0. The highest BCUT2D eigenvalue weighted by Crippen LogP contribution is 2.24. The molecule has 1 N–H and O–H groups in total. The fourth-order valence-electron chi connectivity index (χ4n) is 1.10. The molecule has 1 atom stereocenters. The maximum atomic E-state index is 4.13. The van der Waals surface area contributed by atoms with Crippen LogP contribution < -0.4 is 5.32 Å². The highest BCUT2D eigenvalue weighted by Gasteiger charge is 2.18. The molecule has 1 aromatic heterocycles. The largest absolute Gasteiger partial charge is 0.330 e. The Kier molecular flexibility index (Phi) is 1.18. The molecule has 0 amide bonds. The number of anilines is 1. The number of rotatable bonds is 0. The van der Waals surface area contributed by atoms with E-state index in [9.17, 15) is 0 Å². The molecular weight excluding hydrogens is 142 g/mol. The van der Waals surface area contributed by atoms with Crippen molar-refractivity contribution in [3.63, 3.8) is 0 Å². The van der Waals surface area contributed by atoms with Crippen molar-refractivity contribution in [2.45, 2.75) is 13.0 Å². The number of nitrogens with zero attached hydrogens (tertiary/aromatic N) is 4. The summed E-state index contributed by atoms with van der Waals surface area (Å²) < 4.78 is 1.71. The van der Waals surface area contributed by atoms with Gasteiger partial charge in [0.25, 0.3) is 0 Å². The molecule has 1 unspecified atom stereocenters. The molecule has 2 rings (SSSR count). The van der Waals surface area contributed by atoms with Crippen molar-refractivity contribution < 1.29 is 0 Å². The Balaban J connectivity index is 2.52. The first-order valence-corrected chi connectivity index (χ1v) is 3.47. The van der Waals surface area contributed by atoms with Gasteiger partial charge in [-0.2, -0.15) is 0 Å². The van der Waals surface area contributed by atoms with E-state index in [4.69, 9.17) is 0 Å². The summed E-state index contributed by atoms with van der Waals surface area (Å²) in [6, 6.07) is 0.125. The number of aryl methyl sites for hydroxylation is 1. The van der Waals surface area contributed by atoms with Crippen molar-refractivity contribution in [2.75, 3.05) is 5.32 Å². The standard InChI is InChI=1S/C6H9N5/c1-4-5-6(8-3-7-4)11(2)10-9-5/h3-4H,1-2H3,(H,7,8). The summed E-state index contributed by atoms with van der Waals surface area (Å²) in [5.74, 6) is 0.938. The summed E-state index contributed by atoms with van der Waals surface area (Å²) in [5, 5.41) is 10.8. The predicted octanol–water partition coefficient (Wildman–Crippen LogP) is 0.330. The van der Waals surface area contributed by atoms with E-state index in [1.165, 1.54) is 0 Å². The second kappa shape index (κ2) is 2.05. The number of nitrogens with one attached hydrogen (secondary N) is 1. The fourth-order valence-corrected chi connectivity index (χ4v) is 1.10. The summed E-state index contributed by atoms with van der Waals surface area (Å²) in [6.45, 7) is 1.99. The quantitative estimate of drug-likeness (QED) is 0.581. The Hall–Kier alpha value is -1.39. The molecule has 1 aromatic rings. The predicted molar refractivity (Wildman–Crippen MR) is 41.5 cm³/mol. The van der Waals surface area contributed by atoms with Crippen molar-refractivity contribution in [1.29, 1.82) is 0 Å². The number of aliphatic imine (C=N–C) groups is 1. The molecule has 0 saturated carbocycles. The minimum Gasteiger partial charge on any atom is -0.330 e. The van der Waals surface area contributed by atoms with Crippen molar-refractivity contribution in [3.05, 3.63) is 5.69 Å². The molecule has 0 saturated heterocycles. The number of hydrogen-bond acceptors (Lipinski definition) is 4. The van der Waals surface area contributed by atoms with Gasteiger partial charge in [0.1, 0.15) is 5.69 Å². The van der Waals surface area contributed by atoms with Crippen molar-refractivity contribution in [2.24, 2.45) is 12.0 Å². The molecule has 0 spiro atoms. The Morgan fingerprint density at radius 2 is 2.45 bits per heavy atom. The summed E-state index contributed by atoms with van der Waals surface area (Å²) in [4.78, 5) is 4.13. The third-order valence-electron chi connectivity index (χ3n) is 1.75.